The molecule has 0 spiro atoms. The van der Waals surface area contributed by atoms with Crippen molar-refractivity contribution in [2.45, 2.75) is 64.1 Å². The largest absolute Gasteiger partial charge is 0.462 e. The SMILES string of the molecule is CCN(CC)CCC(=O)OC1CC2CCC(C1)N2c1ccc(C#N)c2ccccc12.Cl. The van der Waals surface area contributed by atoms with Crippen molar-refractivity contribution in [1.29, 1.82) is 5.26 Å². The maximum Gasteiger partial charge on any atom is 0.307 e. The monoisotopic (exact) mass is 441 g/mol. The Labute approximate surface area is 191 Å². The number of ether oxygens (including phenoxy) is 1. The maximum absolute atomic E-state index is 12.4. The molecule has 2 aliphatic rings. The maximum atomic E-state index is 12.4. The van der Waals surface area contributed by atoms with Gasteiger partial charge in [-0.15, -0.1) is 12.4 Å². The summed E-state index contributed by atoms with van der Waals surface area (Å²) in [4.78, 5) is 17.2. The topological polar surface area (TPSA) is 56.6 Å². The Morgan fingerprint density at radius 1 is 1.10 bits per heavy atom. The van der Waals surface area contributed by atoms with Gasteiger partial charge in [0.05, 0.1) is 18.1 Å². The third kappa shape index (κ3) is 4.81. The number of rotatable bonds is 7. The summed E-state index contributed by atoms with van der Waals surface area (Å²) in [6.45, 7) is 6.94. The van der Waals surface area contributed by atoms with E-state index in [1.165, 1.54) is 5.69 Å². The van der Waals surface area contributed by atoms with E-state index in [1.807, 2.05) is 24.3 Å². The number of piperidine rings is 1. The summed E-state index contributed by atoms with van der Waals surface area (Å²) >= 11 is 0. The van der Waals surface area contributed by atoms with Crippen molar-refractivity contribution >= 4 is 34.8 Å². The van der Waals surface area contributed by atoms with Gasteiger partial charge in [-0.3, -0.25) is 4.79 Å². The molecule has 0 aliphatic carbocycles. The fourth-order valence-electron chi connectivity index (χ4n) is 5.26. The van der Waals surface area contributed by atoms with Crippen LogP contribution in [0.4, 0.5) is 5.69 Å². The molecule has 31 heavy (non-hydrogen) atoms. The summed E-state index contributed by atoms with van der Waals surface area (Å²) in [7, 11) is 0. The Hall–Kier alpha value is -2.29. The molecule has 2 aliphatic heterocycles. The van der Waals surface area contributed by atoms with E-state index in [0.29, 0.717) is 18.5 Å². The highest BCUT2D eigenvalue weighted by Crippen LogP contribution is 2.43. The van der Waals surface area contributed by atoms with Crippen molar-refractivity contribution in [3.8, 4) is 6.07 Å². The average molecular weight is 442 g/mol. The van der Waals surface area contributed by atoms with E-state index in [9.17, 15) is 10.1 Å². The quantitative estimate of drug-likeness (QED) is 0.571. The molecule has 0 saturated carbocycles. The van der Waals surface area contributed by atoms with Gasteiger partial charge in [-0.2, -0.15) is 5.26 Å². The minimum Gasteiger partial charge on any atom is -0.462 e. The van der Waals surface area contributed by atoms with Crippen LogP contribution < -0.4 is 4.90 Å². The van der Waals surface area contributed by atoms with E-state index in [4.69, 9.17) is 4.74 Å². The van der Waals surface area contributed by atoms with Crippen LogP contribution in [0.1, 0.15) is 51.5 Å². The molecule has 2 atom stereocenters. The number of carbonyl (C=O) groups excluding carboxylic acids is 1. The van der Waals surface area contributed by atoms with Crippen molar-refractivity contribution in [3.05, 3.63) is 42.0 Å². The third-order valence-corrected chi connectivity index (χ3v) is 6.81. The van der Waals surface area contributed by atoms with E-state index in [-0.39, 0.29) is 24.5 Å². The number of nitrogens with zero attached hydrogens (tertiary/aromatic N) is 3. The molecule has 2 aromatic carbocycles. The number of halogens is 1. The molecule has 6 heteroatoms. The van der Waals surface area contributed by atoms with Gasteiger partial charge in [-0.05, 0) is 38.1 Å². The fraction of sp³-hybridized carbons (Fsp3) is 0.520. The van der Waals surface area contributed by atoms with E-state index in [1.54, 1.807) is 0 Å². The Bertz CT molecular complexity index is 939. The van der Waals surface area contributed by atoms with Gasteiger partial charge in [0.25, 0.3) is 0 Å². The van der Waals surface area contributed by atoms with E-state index < -0.39 is 0 Å². The molecule has 5 nitrogen and oxygen atoms in total. The Morgan fingerprint density at radius 2 is 1.74 bits per heavy atom. The van der Waals surface area contributed by atoms with Crippen LogP contribution in [-0.2, 0) is 9.53 Å². The minimum absolute atomic E-state index is 0. The molecule has 2 fully saturated rings. The zero-order valence-electron chi connectivity index (χ0n) is 18.4. The lowest BCUT2D eigenvalue weighted by molar-refractivity contribution is -0.150. The highest BCUT2D eigenvalue weighted by Gasteiger charge is 2.42. The zero-order valence-corrected chi connectivity index (χ0v) is 19.2. The Kier molecular flexibility index (Phi) is 7.80. The van der Waals surface area contributed by atoms with Gasteiger partial charge in [0.1, 0.15) is 6.10 Å². The van der Waals surface area contributed by atoms with Crippen LogP contribution in [0.3, 0.4) is 0 Å². The van der Waals surface area contributed by atoms with Crippen LogP contribution in [0.5, 0.6) is 0 Å². The third-order valence-electron chi connectivity index (χ3n) is 6.81. The first-order chi connectivity index (χ1) is 14.6. The number of hydrogen-bond donors (Lipinski definition) is 0. The van der Waals surface area contributed by atoms with Crippen molar-refractivity contribution in [2.24, 2.45) is 0 Å². The first-order valence-electron chi connectivity index (χ1n) is 11.3. The lowest BCUT2D eigenvalue weighted by atomic mass is 9.96. The first kappa shape index (κ1) is 23.4. The van der Waals surface area contributed by atoms with Crippen LogP contribution in [-0.4, -0.2) is 48.7 Å². The molecule has 2 saturated heterocycles. The second-order valence-electron chi connectivity index (χ2n) is 8.44. The normalized spacial score (nSPS) is 22.3. The predicted octanol–water partition coefficient (Wildman–Crippen LogP) is 4.91. The number of fused-ring (bicyclic) bond motifs is 3. The van der Waals surface area contributed by atoms with Gasteiger partial charge < -0.3 is 14.5 Å². The molecule has 0 aromatic heterocycles. The van der Waals surface area contributed by atoms with Crippen molar-refractivity contribution in [3.63, 3.8) is 0 Å². The Morgan fingerprint density at radius 3 is 2.35 bits per heavy atom. The van der Waals surface area contributed by atoms with Crippen LogP contribution >= 0.6 is 12.4 Å². The van der Waals surface area contributed by atoms with Gasteiger partial charge in [-0.25, -0.2) is 0 Å². The molecule has 166 valence electrons. The molecule has 4 rings (SSSR count). The van der Waals surface area contributed by atoms with E-state index in [0.717, 1.165) is 61.7 Å². The molecule has 2 bridgehead atoms. The number of nitriles is 1. The second kappa shape index (κ2) is 10.3. The second-order valence-corrected chi connectivity index (χ2v) is 8.44. The average Bonchev–Trinajstić information content (AvgIpc) is 3.03. The highest BCUT2D eigenvalue weighted by molar-refractivity contribution is 5.98. The molecule has 2 heterocycles. The molecular weight excluding hydrogens is 410 g/mol. The zero-order chi connectivity index (χ0) is 21.1. The Balaban J connectivity index is 0.00000272. The lowest BCUT2D eigenvalue weighted by Crippen LogP contribution is -2.46. The summed E-state index contributed by atoms with van der Waals surface area (Å²) < 4.78 is 5.88. The number of esters is 1. The fourth-order valence-corrected chi connectivity index (χ4v) is 5.26. The molecule has 2 aromatic rings. The highest BCUT2D eigenvalue weighted by atomic mass is 35.5. The molecule has 0 radical (unpaired) electrons. The number of benzene rings is 2. The summed E-state index contributed by atoms with van der Waals surface area (Å²) in [6.07, 6.45) is 4.53. The summed E-state index contributed by atoms with van der Waals surface area (Å²) in [6, 6.07) is 15.3. The van der Waals surface area contributed by atoms with Gasteiger partial charge in [0, 0.05) is 47.9 Å². The number of carbonyl (C=O) groups is 1. The van der Waals surface area contributed by atoms with Gasteiger partial charge in [0.15, 0.2) is 0 Å². The van der Waals surface area contributed by atoms with Crippen molar-refractivity contribution < 1.29 is 9.53 Å². The van der Waals surface area contributed by atoms with Gasteiger partial charge in [-0.1, -0.05) is 38.1 Å². The number of anilines is 1. The van der Waals surface area contributed by atoms with E-state index in [2.05, 4.69) is 41.8 Å². The first-order valence-corrected chi connectivity index (χ1v) is 11.3. The minimum atomic E-state index is -0.0661. The number of hydrogen-bond acceptors (Lipinski definition) is 5. The van der Waals surface area contributed by atoms with Gasteiger partial charge in [0.2, 0.25) is 0 Å². The van der Waals surface area contributed by atoms with Crippen molar-refractivity contribution in [1.82, 2.24) is 4.90 Å². The molecule has 2 unspecified atom stereocenters. The molecule has 0 N–H and O–H groups in total. The van der Waals surface area contributed by atoms with Crippen LogP contribution in [0.25, 0.3) is 10.8 Å². The van der Waals surface area contributed by atoms with Crippen LogP contribution in [0.15, 0.2) is 36.4 Å². The summed E-state index contributed by atoms with van der Waals surface area (Å²) in [5.41, 5.74) is 1.93. The molecule has 0 amide bonds. The summed E-state index contributed by atoms with van der Waals surface area (Å²) in [5.74, 6) is -0.0661. The predicted molar refractivity (Wildman–Crippen MR) is 127 cm³/mol. The standard InChI is InChI=1S/C25H31N3O2.ClH/c1-3-27(4-2)14-13-25(29)30-21-15-19-10-11-20(16-21)28(19)24-12-9-18(17-26)22-7-5-6-8-23(22)24;/h5-9,12,19-21H,3-4,10-11,13-16H2,1-2H3;1H. The molecular formula is C25H32ClN3O2. The lowest BCUT2D eigenvalue weighted by Gasteiger charge is -2.40. The van der Waals surface area contributed by atoms with E-state index >= 15 is 0 Å². The van der Waals surface area contributed by atoms with Crippen LogP contribution in [0.2, 0.25) is 0 Å². The smallest absolute Gasteiger partial charge is 0.307 e. The van der Waals surface area contributed by atoms with Gasteiger partial charge >= 0.3 is 5.97 Å². The van der Waals surface area contributed by atoms with Crippen molar-refractivity contribution in [2.75, 3.05) is 24.5 Å². The summed E-state index contributed by atoms with van der Waals surface area (Å²) in [5, 5.41) is 11.6. The van der Waals surface area contributed by atoms with Crippen LogP contribution in [0, 0.1) is 11.3 Å².